The zero-order valence-corrected chi connectivity index (χ0v) is 14.5. The predicted octanol–water partition coefficient (Wildman–Crippen LogP) is 2.79. The van der Waals surface area contributed by atoms with Crippen LogP contribution in [0.25, 0.3) is 0 Å². The number of hydroxylamine groups is 3. The number of hydrogen-bond acceptors (Lipinski definition) is 4. The molecule has 1 saturated heterocycles. The molecule has 1 amide bonds. The van der Waals surface area contributed by atoms with Crippen molar-refractivity contribution in [2.45, 2.75) is 32.9 Å². The normalized spacial score (nSPS) is 18.5. The SMILES string of the molecule is CC(C)(C)OC(=O)Nc1ccc(CN2CC[N+](C)([O-])CC2)cc1. The summed E-state index contributed by atoms with van der Waals surface area (Å²) in [5.41, 5.74) is 1.37. The Hall–Kier alpha value is -1.63. The molecule has 0 spiro atoms. The molecule has 1 aromatic rings. The Morgan fingerprint density at radius 2 is 1.83 bits per heavy atom. The monoisotopic (exact) mass is 321 g/mol. The maximum atomic E-state index is 11.8. The highest BCUT2D eigenvalue weighted by molar-refractivity contribution is 5.84. The fourth-order valence-corrected chi connectivity index (χ4v) is 2.46. The minimum atomic E-state index is -0.507. The van der Waals surface area contributed by atoms with Gasteiger partial charge >= 0.3 is 6.09 Å². The number of likely N-dealkylation sites (N-methyl/N-ethyl adjacent to an activating group) is 1. The summed E-state index contributed by atoms with van der Waals surface area (Å²) in [6.45, 7) is 9.23. The standard InChI is InChI=1S/C17H27N3O3/c1-17(2,3)23-16(21)18-15-7-5-14(6-8-15)13-19-9-11-20(4,22)12-10-19/h5-8H,9-13H2,1-4H3,(H,18,21). The number of hydrogen-bond donors (Lipinski definition) is 1. The van der Waals surface area contributed by atoms with Gasteiger partial charge in [0.25, 0.3) is 0 Å². The maximum Gasteiger partial charge on any atom is 0.412 e. The topological polar surface area (TPSA) is 64.6 Å². The number of amides is 1. The van der Waals surface area contributed by atoms with Gasteiger partial charge in [-0.1, -0.05) is 12.1 Å². The molecule has 1 aromatic carbocycles. The summed E-state index contributed by atoms with van der Waals surface area (Å²) >= 11 is 0. The molecule has 1 aliphatic heterocycles. The number of anilines is 1. The van der Waals surface area contributed by atoms with Crippen LogP contribution in [-0.4, -0.2) is 54.5 Å². The molecule has 2 rings (SSSR count). The highest BCUT2D eigenvalue weighted by Crippen LogP contribution is 2.15. The fraction of sp³-hybridized carbons (Fsp3) is 0.588. The van der Waals surface area contributed by atoms with Crippen LogP contribution in [0.2, 0.25) is 0 Å². The van der Waals surface area contributed by atoms with Crippen molar-refractivity contribution in [2.75, 3.05) is 38.5 Å². The van der Waals surface area contributed by atoms with Crippen molar-refractivity contribution in [2.24, 2.45) is 0 Å². The van der Waals surface area contributed by atoms with E-state index in [1.54, 1.807) is 7.05 Å². The molecular formula is C17H27N3O3. The molecule has 1 fully saturated rings. The Balaban J connectivity index is 1.84. The van der Waals surface area contributed by atoms with E-state index in [0.717, 1.165) is 19.6 Å². The van der Waals surface area contributed by atoms with Crippen molar-refractivity contribution in [1.29, 1.82) is 0 Å². The number of piperazine rings is 1. The molecule has 6 nitrogen and oxygen atoms in total. The molecule has 0 radical (unpaired) electrons. The molecule has 0 unspecified atom stereocenters. The maximum absolute atomic E-state index is 11.8. The van der Waals surface area contributed by atoms with Gasteiger partial charge in [0.1, 0.15) is 5.60 Å². The number of carbonyl (C=O) groups is 1. The number of ether oxygens (including phenoxy) is 1. The van der Waals surface area contributed by atoms with Crippen LogP contribution < -0.4 is 5.32 Å². The third kappa shape index (κ3) is 6.17. The van der Waals surface area contributed by atoms with Gasteiger partial charge in [-0.15, -0.1) is 0 Å². The van der Waals surface area contributed by atoms with Crippen LogP contribution in [0.4, 0.5) is 10.5 Å². The van der Waals surface area contributed by atoms with Crippen molar-refractivity contribution in [3.8, 4) is 0 Å². The Morgan fingerprint density at radius 3 is 2.35 bits per heavy atom. The first-order valence-corrected chi connectivity index (χ1v) is 8.00. The van der Waals surface area contributed by atoms with Crippen molar-refractivity contribution < 1.29 is 14.2 Å². The second-order valence-electron chi connectivity index (χ2n) is 7.34. The largest absolute Gasteiger partial charge is 0.633 e. The fourth-order valence-electron chi connectivity index (χ4n) is 2.46. The van der Waals surface area contributed by atoms with Gasteiger partial charge in [0.05, 0.1) is 20.1 Å². The minimum absolute atomic E-state index is 0.144. The van der Waals surface area contributed by atoms with Gasteiger partial charge in [-0.25, -0.2) is 4.79 Å². The number of nitrogens with zero attached hydrogens (tertiary/aromatic N) is 2. The Kier molecular flexibility index (Phi) is 5.29. The van der Waals surface area contributed by atoms with Gasteiger partial charge in [0.2, 0.25) is 0 Å². The van der Waals surface area contributed by atoms with Gasteiger partial charge < -0.3 is 14.6 Å². The highest BCUT2D eigenvalue weighted by Gasteiger charge is 2.21. The summed E-state index contributed by atoms with van der Waals surface area (Å²) in [5.74, 6) is 0. The molecule has 6 heteroatoms. The number of carbonyl (C=O) groups excluding carboxylic acids is 1. The Morgan fingerprint density at radius 1 is 1.26 bits per heavy atom. The first-order valence-electron chi connectivity index (χ1n) is 8.00. The van der Waals surface area contributed by atoms with Crippen LogP contribution in [0.1, 0.15) is 26.3 Å². The zero-order valence-electron chi connectivity index (χ0n) is 14.5. The van der Waals surface area contributed by atoms with Gasteiger partial charge in [0.15, 0.2) is 0 Å². The van der Waals surface area contributed by atoms with Crippen LogP contribution in [-0.2, 0) is 11.3 Å². The minimum Gasteiger partial charge on any atom is -0.633 e. The number of benzene rings is 1. The summed E-state index contributed by atoms with van der Waals surface area (Å²) in [4.78, 5) is 14.0. The lowest BCUT2D eigenvalue weighted by Gasteiger charge is -2.45. The van der Waals surface area contributed by atoms with Crippen LogP contribution in [0, 0.1) is 5.21 Å². The summed E-state index contributed by atoms with van der Waals surface area (Å²) in [6, 6.07) is 7.73. The van der Waals surface area contributed by atoms with E-state index in [0.29, 0.717) is 18.8 Å². The molecule has 0 bridgehead atoms. The molecular weight excluding hydrogens is 294 g/mol. The van der Waals surface area contributed by atoms with Gasteiger partial charge in [-0.3, -0.25) is 10.2 Å². The lowest BCUT2D eigenvalue weighted by atomic mass is 10.2. The van der Waals surface area contributed by atoms with Gasteiger partial charge in [0, 0.05) is 25.3 Å². The molecule has 23 heavy (non-hydrogen) atoms. The summed E-state index contributed by atoms with van der Waals surface area (Å²) < 4.78 is 5.08. The zero-order chi connectivity index (χ0) is 17.1. The molecule has 0 aromatic heterocycles. The Bertz CT molecular complexity index is 525. The number of nitrogens with one attached hydrogen (secondary N) is 1. The second-order valence-corrected chi connectivity index (χ2v) is 7.34. The molecule has 0 aliphatic carbocycles. The molecule has 1 aliphatic rings. The van der Waals surface area contributed by atoms with Crippen molar-refractivity contribution >= 4 is 11.8 Å². The predicted molar refractivity (Wildman–Crippen MR) is 90.9 cm³/mol. The van der Waals surface area contributed by atoms with Crippen molar-refractivity contribution in [1.82, 2.24) is 4.90 Å². The first-order chi connectivity index (χ1) is 10.6. The average molecular weight is 321 g/mol. The van der Waals surface area contributed by atoms with Crippen LogP contribution in [0.3, 0.4) is 0 Å². The molecule has 128 valence electrons. The van der Waals surface area contributed by atoms with Gasteiger partial charge in [-0.05, 0) is 38.5 Å². The van der Waals surface area contributed by atoms with Crippen molar-refractivity contribution in [3.05, 3.63) is 35.0 Å². The van der Waals surface area contributed by atoms with E-state index in [9.17, 15) is 10.0 Å². The van der Waals surface area contributed by atoms with E-state index in [1.165, 1.54) is 5.56 Å². The van der Waals surface area contributed by atoms with E-state index in [-0.39, 0.29) is 4.65 Å². The second kappa shape index (κ2) is 6.86. The quantitative estimate of drug-likeness (QED) is 0.687. The van der Waals surface area contributed by atoms with Crippen LogP contribution in [0.5, 0.6) is 0 Å². The lowest BCUT2D eigenvalue weighted by molar-refractivity contribution is -0.865. The smallest absolute Gasteiger partial charge is 0.412 e. The third-order valence-electron chi connectivity index (χ3n) is 3.78. The Labute approximate surface area is 138 Å². The van der Waals surface area contributed by atoms with E-state index < -0.39 is 11.7 Å². The summed E-state index contributed by atoms with van der Waals surface area (Å²) in [7, 11) is 1.73. The molecule has 0 saturated carbocycles. The van der Waals surface area contributed by atoms with E-state index in [2.05, 4.69) is 10.2 Å². The van der Waals surface area contributed by atoms with E-state index >= 15 is 0 Å². The highest BCUT2D eigenvalue weighted by atomic mass is 16.6. The summed E-state index contributed by atoms with van der Waals surface area (Å²) in [6.07, 6.45) is -0.450. The van der Waals surface area contributed by atoms with Crippen LogP contribution in [0.15, 0.2) is 24.3 Å². The van der Waals surface area contributed by atoms with Gasteiger partial charge in [-0.2, -0.15) is 0 Å². The van der Waals surface area contributed by atoms with E-state index in [1.807, 2.05) is 45.0 Å². The number of quaternary nitrogens is 1. The van der Waals surface area contributed by atoms with E-state index in [4.69, 9.17) is 4.74 Å². The molecule has 0 atom stereocenters. The lowest BCUT2D eigenvalue weighted by Crippen LogP contribution is -2.53. The first kappa shape index (κ1) is 17.7. The van der Waals surface area contributed by atoms with Crippen LogP contribution >= 0.6 is 0 Å². The van der Waals surface area contributed by atoms with Crippen molar-refractivity contribution in [3.63, 3.8) is 0 Å². The molecule has 1 heterocycles. The summed E-state index contributed by atoms with van der Waals surface area (Å²) in [5, 5.41) is 14.5. The average Bonchev–Trinajstić information content (AvgIpc) is 2.41. The third-order valence-corrected chi connectivity index (χ3v) is 3.78. The molecule has 1 N–H and O–H groups in total. The number of rotatable bonds is 3.